The number of hydrogen-bond donors (Lipinski definition) is 2. The van der Waals surface area contributed by atoms with Crippen molar-refractivity contribution in [3.63, 3.8) is 0 Å². The Bertz CT molecular complexity index is 484. The fourth-order valence-electron chi connectivity index (χ4n) is 1.40. The van der Waals surface area contributed by atoms with Crippen molar-refractivity contribution in [1.29, 1.82) is 0 Å². The molecule has 2 rings (SSSR count). The molecule has 1 heterocycles. The van der Waals surface area contributed by atoms with Crippen LogP contribution in [-0.2, 0) is 14.3 Å². The first-order chi connectivity index (χ1) is 9.04. The molecule has 1 amide bonds. The van der Waals surface area contributed by atoms with Gasteiger partial charge in [0.1, 0.15) is 0 Å². The van der Waals surface area contributed by atoms with E-state index in [9.17, 15) is 14.4 Å². The fourth-order valence-corrected chi connectivity index (χ4v) is 1.40. The van der Waals surface area contributed by atoms with Gasteiger partial charge in [0.25, 0.3) is 5.91 Å². The molecule has 0 bridgehead atoms. The van der Waals surface area contributed by atoms with Crippen LogP contribution in [0.2, 0.25) is 0 Å². The first kappa shape index (κ1) is 14.7. The molecule has 0 atom stereocenters. The summed E-state index contributed by atoms with van der Waals surface area (Å²) in [5, 5.41) is 10.8. The molecule has 1 aromatic rings. The Hall–Kier alpha value is -2.37. The van der Waals surface area contributed by atoms with E-state index in [2.05, 4.69) is 10.1 Å². The number of anilines is 1. The Morgan fingerprint density at radius 1 is 1.26 bits per heavy atom. The van der Waals surface area contributed by atoms with Gasteiger partial charge in [-0.3, -0.25) is 14.4 Å². The molecule has 0 fully saturated rings. The van der Waals surface area contributed by atoms with Crippen LogP contribution >= 0.6 is 0 Å². The van der Waals surface area contributed by atoms with Crippen LogP contribution in [0, 0.1) is 0 Å². The number of carboxylic acids is 1. The number of nitrogens with one attached hydrogen (secondary N) is 1. The van der Waals surface area contributed by atoms with Gasteiger partial charge in [0.05, 0.1) is 18.4 Å². The quantitative estimate of drug-likeness (QED) is 0.808. The van der Waals surface area contributed by atoms with E-state index in [1.807, 2.05) is 24.3 Å². The third-order valence-corrected chi connectivity index (χ3v) is 2.42. The van der Waals surface area contributed by atoms with E-state index in [0.717, 1.165) is 11.3 Å². The van der Waals surface area contributed by atoms with Crippen LogP contribution in [0.25, 0.3) is 0 Å². The normalized spacial score (nSPS) is 11.1. The van der Waals surface area contributed by atoms with E-state index in [1.54, 1.807) is 0 Å². The van der Waals surface area contributed by atoms with Crippen molar-refractivity contribution in [3.8, 4) is 0 Å². The molecule has 0 radical (unpaired) electrons. The standard InChI is InChI=1S/C7H5NO.C6H10O4/c9-7-5-3-1-2-4-6(5)8-7;1-10-6(9)4-2-3-5(7)8/h1-4H,(H,8,9);2-4H2,1H3,(H,7,8). The molecule has 19 heavy (non-hydrogen) atoms. The van der Waals surface area contributed by atoms with Gasteiger partial charge < -0.3 is 15.2 Å². The second-order valence-electron chi connectivity index (χ2n) is 3.82. The predicted molar refractivity (Wildman–Crippen MR) is 67.9 cm³/mol. The summed E-state index contributed by atoms with van der Waals surface area (Å²) in [5.74, 6) is -1.21. The van der Waals surface area contributed by atoms with Crippen molar-refractivity contribution < 1.29 is 24.2 Å². The third-order valence-electron chi connectivity index (χ3n) is 2.42. The summed E-state index contributed by atoms with van der Waals surface area (Å²) in [4.78, 5) is 30.9. The highest BCUT2D eigenvalue weighted by molar-refractivity contribution is 6.17. The minimum Gasteiger partial charge on any atom is -0.481 e. The van der Waals surface area contributed by atoms with Gasteiger partial charge in [0.2, 0.25) is 0 Å². The van der Waals surface area contributed by atoms with Crippen LogP contribution in [0.1, 0.15) is 29.6 Å². The summed E-state index contributed by atoms with van der Waals surface area (Å²) in [6, 6.07) is 7.46. The molecule has 2 N–H and O–H groups in total. The van der Waals surface area contributed by atoms with Crippen molar-refractivity contribution in [2.24, 2.45) is 0 Å². The molecule has 6 nitrogen and oxygen atoms in total. The highest BCUT2D eigenvalue weighted by Gasteiger charge is 2.19. The Morgan fingerprint density at radius 3 is 2.42 bits per heavy atom. The minimum absolute atomic E-state index is 0.0229. The zero-order chi connectivity index (χ0) is 14.3. The number of amides is 1. The molecule has 0 saturated carbocycles. The highest BCUT2D eigenvalue weighted by Crippen LogP contribution is 2.23. The number of carbonyl (C=O) groups is 3. The van der Waals surface area contributed by atoms with Gasteiger partial charge in [-0.15, -0.1) is 0 Å². The average Bonchev–Trinajstić information content (AvgIpc) is 2.38. The van der Waals surface area contributed by atoms with E-state index >= 15 is 0 Å². The van der Waals surface area contributed by atoms with Crippen molar-refractivity contribution >= 4 is 23.5 Å². The van der Waals surface area contributed by atoms with Crippen molar-refractivity contribution in [1.82, 2.24) is 0 Å². The first-order valence-corrected chi connectivity index (χ1v) is 5.73. The number of esters is 1. The maximum atomic E-state index is 10.6. The van der Waals surface area contributed by atoms with E-state index < -0.39 is 5.97 Å². The third kappa shape index (κ3) is 4.79. The van der Waals surface area contributed by atoms with Crippen LogP contribution in [0.15, 0.2) is 24.3 Å². The van der Waals surface area contributed by atoms with Crippen molar-refractivity contribution in [3.05, 3.63) is 29.8 Å². The smallest absolute Gasteiger partial charge is 0.305 e. The number of benzene rings is 1. The summed E-state index contributed by atoms with van der Waals surface area (Å²) in [5.41, 5.74) is 1.75. The van der Waals surface area contributed by atoms with Crippen LogP contribution in [0.5, 0.6) is 0 Å². The molecule has 1 aromatic carbocycles. The SMILES string of the molecule is COC(=O)CCCC(=O)O.O=C1Nc2ccccc21. The second-order valence-corrected chi connectivity index (χ2v) is 3.82. The van der Waals surface area contributed by atoms with Gasteiger partial charge in [0.15, 0.2) is 0 Å². The van der Waals surface area contributed by atoms with E-state index in [-0.39, 0.29) is 24.7 Å². The molecular weight excluding hydrogens is 250 g/mol. The predicted octanol–water partition coefficient (Wildman–Crippen LogP) is 1.67. The van der Waals surface area contributed by atoms with Gasteiger partial charge in [-0.05, 0) is 18.6 Å². The summed E-state index contributed by atoms with van der Waals surface area (Å²) in [6.45, 7) is 0. The van der Waals surface area contributed by atoms with Crippen LogP contribution in [0.4, 0.5) is 5.69 Å². The number of hydrogen-bond acceptors (Lipinski definition) is 4. The zero-order valence-corrected chi connectivity index (χ0v) is 10.5. The number of ether oxygens (including phenoxy) is 1. The second kappa shape index (κ2) is 7.15. The van der Waals surface area contributed by atoms with Gasteiger partial charge >= 0.3 is 11.9 Å². The monoisotopic (exact) mass is 265 g/mol. The number of aliphatic carboxylic acids is 1. The summed E-state index contributed by atoms with van der Waals surface area (Å²) < 4.78 is 4.30. The minimum atomic E-state index is -0.885. The molecular formula is C13H15NO5. The number of methoxy groups -OCH3 is 1. The Kier molecular flexibility index (Phi) is 5.53. The Morgan fingerprint density at radius 2 is 1.95 bits per heavy atom. The number of fused-ring (bicyclic) bond motifs is 1. The number of rotatable bonds is 4. The average molecular weight is 265 g/mol. The molecule has 6 heteroatoms. The van der Waals surface area contributed by atoms with Gasteiger partial charge in [-0.25, -0.2) is 0 Å². The van der Waals surface area contributed by atoms with Crippen LogP contribution in [0.3, 0.4) is 0 Å². The maximum Gasteiger partial charge on any atom is 0.305 e. The summed E-state index contributed by atoms with van der Waals surface area (Å²) >= 11 is 0. The molecule has 0 saturated heterocycles. The molecule has 0 aromatic heterocycles. The highest BCUT2D eigenvalue weighted by atomic mass is 16.5. The van der Waals surface area contributed by atoms with E-state index in [0.29, 0.717) is 6.42 Å². The van der Waals surface area contributed by atoms with Crippen LogP contribution in [-0.4, -0.2) is 30.1 Å². The summed E-state index contributed by atoms with van der Waals surface area (Å²) in [7, 11) is 1.28. The maximum absolute atomic E-state index is 10.6. The van der Waals surface area contributed by atoms with Gasteiger partial charge in [-0.2, -0.15) is 0 Å². The van der Waals surface area contributed by atoms with E-state index in [1.165, 1.54) is 7.11 Å². The molecule has 1 aliphatic rings. The Balaban J connectivity index is 0.000000190. The lowest BCUT2D eigenvalue weighted by molar-refractivity contribution is -0.141. The summed E-state index contributed by atoms with van der Waals surface area (Å²) in [6.07, 6.45) is 0.555. The molecule has 1 aliphatic heterocycles. The number of carboxylic acid groups (broad SMARTS) is 1. The molecule has 0 aliphatic carbocycles. The molecule has 102 valence electrons. The molecule has 0 spiro atoms. The lowest BCUT2D eigenvalue weighted by Crippen LogP contribution is -2.23. The van der Waals surface area contributed by atoms with Gasteiger partial charge in [0, 0.05) is 12.8 Å². The van der Waals surface area contributed by atoms with Gasteiger partial charge in [-0.1, -0.05) is 12.1 Å². The fraction of sp³-hybridized carbons (Fsp3) is 0.308. The lowest BCUT2D eigenvalue weighted by atomic mass is 10.1. The largest absolute Gasteiger partial charge is 0.481 e. The van der Waals surface area contributed by atoms with Crippen molar-refractivity contribution in [2.45, 2.75) is 19.3 Å². The molecule has 0 unspecified atom stereocenters. The van der Waals surface area contributed by atoms with E-state index in [4.69, 9.17) is 5.11 Å². The number of carbonyl (C=O) groups excluding carboxylic acids is 2. The first-order valence-electron chi connectivity index (χ1n) is 5.73. The van der Waals surface area contributed by atoms with Crippen LogP contribution < -0.4 is 5.32 Å². The zero-order valence-electron chi connectivity index (χ0n) is 10.5. The number of para-hydroxylation sites is 1. The van der Waals surface area contributed by atoms with Crippen molar-refractivity contribution in [2.75, 3.05) is 12.4 Å². The Labute approximate surface area is 110 Å². The topological polar surface area (TPSA) is 92.7 Å². The lowest BCUT2D eigenvalue weighted by Gasteiger charge is -2.17.